The van der Waals surface area contributed by atoms with E-state index in [2.05, 4.69) is 29.2 Å². The number of aromatic nitrogens is 1. The van der Waals surface area contributed by atoms with Crippen molar-refractivity contribution in [1.29, 1.82) is 0 Å². The molecular weight excluding hydrogens is 317 g/mol. The first-order chi connectivity index (χ1) is 10.7. The Bertz CT molecular complexity index is 775. The van der Waals surface area contributed by atoms with Crippen LogP contribution in [0.25, 0.3) is 10.9 Å². The molecule has 0 aliphatic rings. The maximum Gasteiger partial charge on any atom is 0.131 e. The number of benzene rings is 2. The monoisotopic (exact) mass is 331 g/mol. The number of hydrogen-bond donors (Lipinski definition) is 0. The molecule has 112 valence electrons. The molecule has 0 N–H and O–H groups in total. The molecule has 4 heteroatoms. The SMILES string of the molecule is Clc1cc(Cl)c2cc(OCCCc3ccccc3)ccc2n1. The Balaban J connectivity index is 1.62. The first-order valence-corrected chi connectivity index (χ1v) is 7.90. The van der Waals surface area contributed by atoms with Gasteiger partial charge < -0.3 is 4.74 Å². The van der Waals surface area contributed by atoms with Gasteiger partial charge in [-0.05, 0) is 42.7 Å². The molecule has 3 rings (SSSR count). The van der Waals surface area contributed by atoms with E-state index in [1.54, 1.807) is 6.07 Å². The lowest BCUT2D eigenvalue weighted by molar-refractivity contribution is 0.311. The second kappa shape index (κ2) is 6.99. The van der Waals surface area contributed by atoms with Gasteiger partial charge in [-0.1, -0.05) is 53.5 Å². The van der Waals surface area contributed by atoms with E-state index in [0.717, 1.165) is 29.5 Å². The Morgan fingerprint density at radius 3 is 2.59 bits per heavy atom. The summed E-state index contributed by atoms with van der Waals surface area (Å²) in [6, 6.07) is 17.7. The quantitative estimate of drug-likeness (QED) is 0.451. The molecule has 0 bridgehead atoms. The summed E-state index contributed by atoms with van der Waals surface area (Å²) in [6.07, 6.45) is 1.97. The second-order valence-corrected chi connectivity index (χ2v) is 5.84. The lowest BCUT2D eigenvalue weighted by atomic mass is 10.1. The lowest BCUT2D eigenvalue weighted by Gasteiger charge is -2.08. The van der Waals surface area contributed by atoms with Crippen LogP contribution in [0.1, 0.15) is 12.0 Å². The maximum absolute atomic E-state index is 6.20. The van der Waals surface area contributed by atoms with Crippen LogP contribution >= 0.6 is 23.2 Å². The number of aryl methyl sites for hydroxylation is 1. The molecule has 0 amide bonds. The van der Waals surface area contributed by atoms with E-state index in [9.17, 15) is 0 Å². The number of rotatable bonds is 5. The molecule has 0 aliphatic carbocycles. The Morgan fingerprint density at radius 1 is 0.955 bits per heavy atom. The van der Waals surface area contributed by atoms with E-state index >= 15 is 0 Å². The highest BCUT2D eigenvalue weighted by Gasteiger charge is 2.05. The van der Waals surface area contributed by atoms with Crippen LogP contribution in [0.3, 0.4) is 0 Å². The van der Waals surface area contributed by atoms with Crippen molar-refractivity contribution < 1.29 is 4.74 Å². The molecule has 0 radical (unpaired) electrons. The van der Waals surface area contributed by atoms with Gasteiger partial charge in [0.15, 0.2) is 0 Å². The molecule has 2 aromatic carbocycles. The van der Waals surface area contributed by atoms with Crippen molar-refractivity contribution in [3.05, 3.63) is 70.3 Å². The lowest BCUT2D eigenvalue weighted by Crippen LogP contribution is -1.99. The van der Waals surface area contributed by atoms with Gasteiger partial charge in [0.2, 0.25) is 0 Å². The average molecular weight is 332 g/mol. The summed E-state index contributed by atoms with van der Waals surface area (Å²) < 4.78 is 5.80. The number of ether oxygens (including phenoxy) is 1. The van der Waals surface area contributed by atoms with Crippen molar-refractivity contribution in [3.63, 3.8) is 0 Å². The van der Waals surface area contributed by atoms with Gasteiger partial charge in [-0.3, -0.25) is 0 Å². The molecule has 1 heterocycles. The normalized spacial score (nSPS) is 10.8. The van der Waals surface area contributed by atoms with Crippen molar-refractivity contribution in [3.8, 4) is 5.75 Å². The van der Waals surface area contributed by atoms with Crippen LogP contribution in [0.5, 0.6) is 5.75 Å². The predicted molar refractivity (Wildman–Crippen MR) is 92.0 cm³/mol. The molecule has 0 fully saturated rings. The molecule has 0 unspecified atom stereocenters. The number of halogens is 2. The summed E-state index contributed by atoms with van der Waals surface area (Å²) in [7, 11) is 0. The van der Waals surface area contributed by atoms with Crippen LogP contribution in [0.2, 0.25) is 10.2 Å². The van der Waals surface area contributed by atoms with Gasteiger partial charge in [0, 0.05) is 5.39 Å². The van der Waals surface area contributed by atoms with Gasteiger partial charge >= 0.3 is 0 Å². The highest BCUT2D eigenvalue weighted by Crippen LogP contribution is 2.28. The van der Waals surface area contributed by atoms with E-state index in [0.29, 0.717) is 16.8 Å². The zero-order valence-electron chi connectivity index (χ0n) is 11.9. The third-order valence-electron chi connectivity index (χ3n) is 3.42. The summed E-state index contributed by atoms with van der Waals surface area (Å²) >= 11 is 12.1. The minimum Gasteiger partial charge on any atom is -0.494 e. The van der Waals surface area contributed by atoms with Gasteiger partial charge in [-0.15, -0.1) is 0 Å². The van der Waals surface area contributed by atoms with Crippen molar-refractivity contribution in [2.24, 2.45) is 0 Å². The number of pyridine rings is 1. The topological polar surface area (TPSA) is 22.1 Å². The predicted octanol–water partition coefficient (Wildman–Crippen LogP) is 5.55. The van der Waals surface area contributed by atoms with Crippen molar-refractivity contribution in [2.45, 2.75) is 12.8 Å². The van der Waals surface area contributed by atoms with Gasteiger partial charge in [0.1, 0.15) is 10.9 Å². The number of nitrogens with zero attached hydrogens (tertiary/aromatic N) is 1. The van der Waals surface area contributed by atoms with Gasteiger partial charge in [-0.2, -0.15) is 0 Å². The standard InChI is InChI=1S/C18H15Cl2NO/c19-16-12-18(20)21-17-9-8-14(11-15(16)17)22-10-4-7-13-5-2-1-3-6-13/h1-3,5-6,8-9,11-12H,4,7,10H2. The minimum atomic E-state index is 0.397. The minimum absolute atomic E-state index is 0.397. The van der Waals surface area contributed by atoms with E-state index in [-0.39, 0.29) is 0 Å². The molecular formula is C18H15Cl2NO. The van der Waals surface area contributed by atoms with E-state index < -0.39 is 0 Å². The largest absolute Gasteiger partial charge is 0.494 e. The summed E-state index contributed by atoms with van der Waals surface area (Å²) in [4.78, 5) is 4.24. The van der Waals surface area contributed by atoms with Gasteiger partial charge in [0.25, 0.3) is 0 Å². The van der Waals surface area contributed by atoms with Crippen molar-refractivity contribution >= 4 is 34.1 Å². The molecule has 0 spiro atoms. The summed E-state index contributed by atoms with van der Waals surface area (Å²) in [5.74, 6) is 0.798. The zero-order chi connectivity index (χ0) is 15.4. The molecule has 22 heavy (non-hydrogen) atoms. The maximum atomic E-state index is 6.20. The highest BCUT2D eigenvalue weighted by atomic mass is 35.5. The molecule has 2 nitrogen and oxygen atoms in total. The molecule has 0 aliphatic heterocycles. The second-order valence-electron chi connectivity index (χ2n) is 5.04. The number of hydrogen-bond acceptors (Lipinski definition) is 2. The fourth-order valence-corrected chi connectivity index (χ4v) is 2.85. The van der Waals surface area contributed by atoms with Crippen LogP contribution in [-0.2, 0) is 6.42 Å². The molecule has 1 aromatic heterocycles. The third kappa shape index (κ3) is 3.70. The van der Waals surface area contributed by atoms with Gasteiger partial charge in [0.05, 0.1) is 17.1 Å². The summed E-state index contributed by atoms with van der Waals surface area (Å²) in [5.41, 5.74) is 2.10. The first kappa shape index (κ1) is 15.1. The van der Waals surface area contributed by atoms with Crippen LogP contribution in [0, 0.1) is 0 Å². The Hall–Kier alpha value is -1.77. The number of fused-ring (bicyclic) bond motifs is 1. The summed E-state index contributed by atoms with van der Waals surface area (Å²) in [5, 5.41) is 1.84. The first-order valence-electron chi connectivity index (χ1n) is 7.15. The third-order valence-corrected chi connectivity index (χ3v) is 3.93. The van der Waals surface area contributed by atoms with E-state index in [4.69, 9.17) is 27.9 Å². The van der Waals surface area contributed by atoms with E-state index in [1.165, 1.54) is 5.56 Å². The van der Waals surface area contributed by atoms with Gasteiger partial charge in [-0.25, -0.2) is 4.98 Å². The fraction of sp³-hybridized carbons (Fsp3) is 0.167. The zero-order valence-corrected chi connectivity index (χ0v) is 13.4. The fourth-order valence-electron chi connectivity index (χ4n) is 2.33. The van der Waals surface area contributed by atoms with Crippen LogP contribution in [-0.4, -0.2) is 11.6 Å². The van der Waals surface area contributed by atoms with Crippen molar-refractivity contribution in [2.75, 3.05) is 6.61 Å². The van der Waals surface area contributed by atoms with Crippen LogP contribution in [0.15, 0.2) is 54.6 Å². The van der Waals surface area contributed by atoms with Crippen molar-refractivity contribution in [1.82, 2.24) is 4.98 Å². The highest BCUT2D eigenvalue weighted by molar-refractivity contribution is 6.37. The Labute approximate surface area is 139 Å². The van der Waals surface area contributed by atoms with Crippen LogP contribution < -0.4 is 4.74 Å². The molecule has 0 saturated heterocycles. The Kier molecular flexibility index (Phi) is 4.81. The Morgan fingerprint density at radius 2 is 1.77 bits per heavy atom. The average Bonchev–Trinajstić information content (AvgIpc) is 2.53. The summed E-state index contributed by atoms with van der Waals surface area (Å²) in [6.45, 7) is 0.666. The van der Waals surface area contributed by atoms with Crippen LogP contribution in [0.4, 0.5) is 0 Å². The molecule has 3 aromatic rings. The molecule has 0 saturated carbocycles. The molecule has 0 atom stereocenters. The smallest absolute Gasteiger partial charge is 0.131 e. The van der Waals surface area contributed by atoms with E-state index in [1.807, 2.05) is 24.3 Å².